The van der Waals surface area contributed by atoms with Crippen molar-refractivity contribution in [2.75, 3.05) is 13.7 Å². The zero-order valence-electron chi connectivity index (χ0n) is 10.1. The minimum absolute atomic E-state index is 0.148. The van der Waals surface area contributed by atoms with Crippen LogP contribution in [0.5, 0.6) is 0 Å². The number of carbonyl (C=O) groups excluding carboxylic acids is 1. The lowest BCUT2D eigenvalue weighted by Crippen LogP contribution is -2.33. The van der Waals surface area contributed by atoms with Crippen molar-refractivity contribution in [1.29, 1.82) is 0 Å². The lowest BCUT2D eigenvalue weighted by Gasteiger charge is -2.24. The monoisotopic (exact) mass is 221 g/mol. The van der Waals surface area contributed by atoms with Gasteiger partial charge in [0.1, 0.15) is 0 Å². The molecule has 0 amide bonds. The molecule has 1 aliphatic rings. The third-order valence-electron chi connectivity index (χ3n) is 2.58. The summed E-state index contributed by atoms with van der Waals surface area (Å²) in [5, 5.41) is 3.21. The Bertz CT molecular complexity index is 350. The molecule has 3 heteroatoms. The molecule has 3 nitrogen and oxygen atoms in total. The molecule has 1 atom stereocenters. The Morgan fingerprint density at radius 3 is 2.75 bits per heavy atom. The van der Waals surface area contributed by atoms with Crippen molar-refractivity contribution in [2.24, 2.45) is 0 Å². The van der Waals surface area contributed by atoms with E-state index in [1.54, 1.807) is 0 Å². The van der Waals surface area contributed by atoms with Gasteiger partial charge in [-0.1, -0.05) is 38.1 Å². The Balaban J connectivity index is 0.000000606. The number of ether oxygens (including phenoxy) is 1. The number of carbonyl (C=O) groups is 1. The first-order valence-electron chi connectivity index (χ1n) is 5.69. The lowest BCUT2D eigenvalue weighted by atomic mass is 9.91. The summed E-state index contributed by atoms with van der Waals surface area (Å²) in [6.07, 6.45) is 0. The Kier molecular flexibility index (Phi) is 4.99. The second kappa shape index (κ2) is 6.28. The highest BCUT2D eigenvalue weighted by Gasteiger charge is 2.26. The summed E-state index contributed by atoms with van der Waals surface area (Å²) in [5.74, 6) is -0.311. The molecule has 1 unspecified atom stereocenters. The van der Waals surface area contributed by atoms with Gasteiger partial charge in [0.25, 0.3) is 0 Å². The van der Waals surface area contributed by atoms with E-state index in [0.717, 1.165) is 12.1 Å². The molecule has 16 heavy (non-hydrogen) atoms. The van der Waals surface area contributed by atoms with Gasteiger partial charge in [0.05, 0.1) is 13.0 Å². The molecule has 1 aliphatic heterocycles. The second-order valence-corrected chi connectivity index (χ2v) is 3.41. The van der Waals surface area contributed by atoms with Gasteiger partial charge in [0.2, 0.25) is 0 Å². The number of rotatable bonds is 1. The summed E-state index contributed by atoms with van der Waals surface area (Å²) in [7, 11) is 1.43. The van der Waals surface area contributed by atoms with Crippen LogP contribution in [0.15, 0.2) is 24.3 Å². The summed E-state index contributed by atoms with van der Waals surface area (Å²) >= 11 is 0. The summed E-state index contributed by atoms with van der Waals surface area (Å²) in [4.78, 5) is 11.5. The van der Waals surface area contributed by atoms with Crippen LogP contribution in [0.1, 0.15) is 30.9 Å². The van der Waals surface area contributed by atoms with Crippen molar-refractivity contribution in [1.82, 2.24) is 5.32 Å². The number of fused-ring (bicyclic) bond motifs is 1. The van der Waals surface area contributed by atoms with Crippen molar-refractivity contribution in [2.45, 2.75) is 26.3 Å². The summed E-state index contributed by atoms with van der Waals surface area (Å²) in [6.45, 7) is 5.51. The van der Waals surface area contributed by atoms with E-state index in [0.29, 0.717) is 6.54 Å². The molecular weight excluding hydrogens is 202 g/mol. The second-order valence-electron chi connectivity index (χ2n) is 3.41. The first-order valence-corrected chi connectivity index (χ1v) is 5.69. The SMILES string of the molecule is CC.COC(=O)C1CNCc2ccccc21. The fourth-order valence-electron chi connectivity index (χ4n) is 1.85. The number of nitrogens with one attached hydrogen (secondary N) is 1. The van der Waals surface area contributed by atoms with Crippen molar-refractivity contribution in [3.63, 3.8) is 0 Å². The number of hydrogen-bond acceptors (Lipinski definition) is 3. The van der Waals surface area contributed by atoms with Crippen LogP contribution in [-0.2, 0) is 16.1 Å². The molecular formula is C13H19NO2. The number of benzene rings is 1. The van der Waals surface area contributed by atoms with E-state index in [1.807, 2.05) is 38.1 Å². The molecule has 0 fully saturated rings. The number of hydrogen-bond donors (Lipinski definition) is 1. The first kappa shape index (κ1) is 12.7. The molecule has 0 spiro atoms. The maximum absolute atomic E-state index is 11.5. The standard InChI is InChI=1S/C11H13NO2.C2H6/c1-14-11(13)10-7-12-6-8-4-2-3-5-9(8)10;1-2/h2-5,10,12H,6-7H2,1H3;1-2H3. The van der Waals surface area contributed by atoms with Crippen LogP contribution >= 0.6 is 0 Å². The highest BCUT2D eigenvalue weighted by Crippen LogP contribution is 2.24. The summed E-state index contributed by atoms with van der Waals surface area (Å²) < 4.78 is 4.77. The van der Waals surface area contributed by atoms with Crippen LogP contribution in [0.2, 0.25) is 0 Å². The van der Waals surface area contributed by atoms with Crippen molar-refractivity contribution >= 4 is 5.97 Å². The van der Waals surface area contributed by atoms with E-state index >= 15 is 0 Å². The maximum atomic E-state index is 11.5. The molecule has 2 rings (SSSR count). The van der Waals surface area contributed by atoms with Gasteiger partial charge in [-0.15, -0.1) is 0 Å². The molecule has 0 saturated carbocycles. The van der Waals surface area contributed by atoms with E-state index in [2.05, 4.69) is 5.32 Å². The molecule has 0 aromatic heterocycles. The van der Waals surface area contributed by atoms with Crippen LogP contribution in [0.4, 0.5) is 0 Å². The van der Waals surface area contributed by atoms with Crippen molar-refractivity contribution in [3.8, 4) is 0 Å². The fourth-order valence-corrected chi connectivity index (χ4v) is 1.85. The minimum atomic E-state index is -0.162. The van der Waals surface area contributed by atoms with Crippen LogP contribution < -0.4 is 5.32 Å². The first-order chi connectivity index (χ1) is 7.83. The third-order valence-corrected chi connectivity index (χ3v) is 2.58. The average Bonchev–Trinajstić information content (AvgIpc) is 2.39. The minimum Gasteiger partial charge on any atom is -0.469 e. The van der Waals surface area contributed by atoms with Crippen LogP contribution in [0, 0.1) is 0 Å². The summed E-state index contributed by atoms with van der Waals surface area (Å²) in [5.41, 5.74) is 2.28. The molecule has 1 aromatic rings. The third kappa shape index (κ3) is 2.61. The highest BCUT2D eigenvalue weighted by molar-refractivity contribution is 5.79. The van der Waals surface area contributed by atoms with E-state index in [9.17, 15) is 4.79 Å². The van der Waals surface area contributed by atoms with E-state index in [4.69, 9.17) is 4.74 Å². The normalized spacial score (nSPS) is 17.8. The molecule has 1 heterocycles. The predicted octanol–water partition coefficient (Wildman–Crippen LogP) is 2.07. The Hall–Kier alpha value is -1.35. The zero-order chi connectivity index (χ0) is 12.0. The van der Waals surface area contributed by atoms with Crippen LogP contribution in [0.25, 0.3) is 0 Å². The van der Waals surface area contributed by atoms with Gasteiger partial charge in [-0.25, -0.2) is 0 Å². The van der Waals surface area contributed by atoms with Gasteiger partial charge in [0, 0.05) is 13.1 Å². The number of methoxy groups -OCH3 is 1. The Morgan fingerprint density at radius 2 is 2.06 bits per heavy atom. The van der Waals surface area contributed by atoms with Gasteiger partial charge < -0.3 is 10.1 Å². The fraction of sp³-hybridized carbons (Fsp3) is 0.462. The largest absolute Gasteiger partial charge is 0.469 e. The molecule has 1 aromatic carbocycles. The quantitative estimate of drug-likeness (QED) is 0.738. The maximum Gasteiger partial charge on any atom is 0.314 e. The molecule has 0 aliphatic carbocycles. The molecule has 0 saturated heterocycles. The van der Waals surface area contributed by atoms with Gasteiger partial charge >= 0.3 is 5.97 Å². The Labute approximate surface area is 96.8 Å². The molecule has 1 N–H and O–H groups in total. The number of esters is 1. The van der Waals surface area contributed by atoms with Gasteiger partial charge in [-0.05, 0) is 11.1 Å². The van der Waals surface area contributed by atoms with Gasteiger partial charge in [-0.2, -0.15) is 0 Å². The zero-order valence-corrected chi connectivity index (χ0v) is 10.1. The lowest BCUT2D eigenvalue weighted by molar-refractivity contribution is -0.142. The summed E-state index contributed by atoms with van der Waals surface area (Å²) in [6, 6.07) is 7.98. The van der Waals surface area contributed by atoms with Crippen LogP contribution in [-0.4, -0.2) is 19.6 Å². The van der Waals surface area contributed by atoms with E-state index < -0.39 is 0 Å². The molecule has 88 valence electrons. The van der Waals surface area contributed by atoms with E-state index in [1.165, 1.54) is 12.7 Å². The van der Waals surface area contributed by atoms with Gasteiger partial charge in [0.15, 0.2) is 0 Å². The topological polar surface area (TPSA) is 38.3 Å². The smallest absolute Gasteiger partial charge is 0.314 e. The van der Waals surface area contributed by atoms with Crippen LogP contribution in [0.3, 0.4) is 0 Å². The predicted molar refractivity (Wildman–Crippen MR) is 64.3 cm³/mol. The molecule has 0 radical (unpaired) electrons. The van der Waals surface area contributed by atoms with Gasteiger partial charge in [-0.3, -0.25) is 4.79 Å². The Morgan fingerprint density at radius 1 is 1.38 bits per heavy atom. The average molecular weight is 221 g/mol. The van der Waals surface area contributed by atoms with Crippen molar-refractivity contribution in [3.05, 3.63) is 35.4 Å². The van der Waals surface area contributed by atoms with E-state index in [-0.39, 0.29) is 11.9 Å². The molecule has 0 bridgehead atoms. The van der Waals surface area contributed by atoms with Crippen molar-refractivity contribution < 1.29 is 9.53 Å². The highest BCUT2D eigenvalue weighted by atomic mass is 16.5.